The molecule has 0 aliphatic heterocycles. The summed E-state index contributed by atoms with van der Waals surface area (Å²) in [5, 5.41) is 10.8. The minimum Gasteiger partial charge on any atom is -0.507 e. The lowest BCUT2D eigenvalue weighted by molar-refractivity contribution is 0.290. The molecule has 2 aromatic rings. The summed E-state index contributed by atoms with van der Waals surface area (Å²) in [5.41, 5.74) is 7.48. The number of hydrogen-bond donors (Lipinski definition) is 1. The normalized spacial score (nSPS) is 14.3. The zero-order valence-electron chi connectivity index (χ0n) is 17.9. The number of phenols is 1. The van der Waals surface area contributed by atoms with Crippen molar-refractivity contribution in [1.82, 2.24) is 0 Å². The van der Waals surface area contributed by atoms with E-state index in [1.54, 1.807) is 0 Å². The van der Waals surface area contributed by atoms with Crippen LogP contribution in [0.3, 0.4) is 0 Å². The van der Waals surface area contributed by atoms with E-state index in [2.05, 4.69) is 78.8 Å². The van der Waals surface area contributed by atoms with Gasteiger partial charge in [-0.05, 0) is 63.0 Å². The summed E-state index contributed by atoms with van der Waals surface area (Å²) in [6, 6.07) is 11.0. The van der Waals surface area contributed by atoms with Gasteiger partial charge < -0.3 is 5.11 Å². The third-order valence-electron chi connectivity index (χ3n) is 5.10. The highest BCUT2D eigenvalue weighted by molar-refractivity contribution is 5.49. The smallest absolute Gasteiger partial charge is 0.122 e. The molecule has 2 atom stereocenters. The molecule has 142 valence electrons. The molecule has 0 saturated heterocycles. The maximum Gasteiger partial charge on any atom is 0.122 e. The molecule has 0 amide bonds. The Morgan fingerprint density at radius 3 is 1.92 bits per heavy atom. The number of benzene rings is 2. The molecule has 2 aromatic carbocycles. The lowest BCUT2D eigenvalue weighted by Crippen LogP contribution is -2.15. The van der Waals surface area contributed by atoms with Gasteiger partial charge in [-0.2, -0.15) is 0 Å². The van der Waals surface area contributed by atoms with Gasteiger partial charge in [0.15, 0.2) is 0 Å². The van der Waals surface area contributed by atoms with Gasteiger partial charge in [-0.1, -0.05) is 74.7 Å². The molecule has 2 unspecified atom stereocenters. The van der Waals surface area contributed by atoms with Crippen molar-refractivity contribution >= 4 is 0 Å². The average Bonchev–Trinajstić information content (AvgIpc) is 2.46. The minimum absolute atomic E-state index is 0.226. The molecule has 26 heavy (non-hydrogen) atoms. The zero-order valence-corrected chi connectivity index (χ0v) is 17.9. The van der Waals surface area contributed by atoms with E-state index < -0.39 is 0 Å². The first-order valence-electron chi connectivity index (χ1n) is 9.84. The van der Waals surface area contributed by atoms with Crippen LogP contribution in [0, 0.1) is 39.0 Å². The first-order valence-corrected chi connectivity index (χ1v) is 9.84. The molecule has 1 heteroatoms. The van der Waals surface area contributed by atoms with E-state index in [-0.39, 0.29) is 5.92 Å². The second kappa shape index (κ2) is 7.86. The highest BCUT2D eigenvalue weighted by atomic mass is 16.3. The fourth-order valence-electron chi connectivity index (χ4n) is 4.44. The van der Waals surface area contributed by atoms with Crippen molar-refractivity contribution in [3.8, 4) is 5.75 Å². The number of hydrogen-bond acceptors (Lipinski definition) is 1. The summed E-state index contributed by atoms with van der Waals surface area (Å²) >= 11 is 0. The highest BCUT2D eigenvalue weighted by Gasteiger charge is 2.24. The van der Waals surface area contributed by atoms with E-state index in [0.29, 0.717) is 17.1 Å². The van der Waals surface area contributed by atoms with Crippen LogP contribution in [0.4, 0.5) is 0 Å². The minimum atomic E-state index is 0.226. The highest BCUT2D eigenvalue weighted by Crippen LogP contribution is 2.40. The van der Waals surface area contributed by atoms with Crippen molar-refractivity contribution in [3.63, 3.8) is 0 Å². The summed E-state index contributed by atoms with van der Waals surface area (Å²) in [6.45, 7) is 17.7. The lowest BCUT2D eigenvalue weighted by atomic mass is 9.77. The maximum absolute atomic E-state index is 10.8. The molecule has 0 aromatic heterocycles. The van der Waals surface area contributed by atoms with Gasteiger partial charge in [0.1, 0.15) is 5.75 Å². The van der Waals surface area contributed by atoms with Crippen LogP contribution in [0.2, 0.25) is 0 Å². The van der Waals surface area contributed by atoms with E-state index in [1.807, 2.05) is 6.92 Å². The molecule has 0 radical (unpaired) electrons. The van der Waals surface area contributed by atoms with E-state index in [9.17, 15) is 5.11 Å². The van der Waals surface area contributed by atoms with Crippen molar-refractivity contribution in [3.05, 3.63) is 63.7 Å². The molecule has 0 saturated carbocycles. The Balaban J connectivity index is 2.52. The predicted molar refractivity (Wildman–Crippen MR) is 113 cm³/mol. The predicted octanol–water partition coefficient (Wildman–Crippen LogP) is 7.22. The van der Waals surface area contributed by atoms with E-state index >= 15 is 0 Å². The monoisotopic (exact) mass is 352 g/mol. The van der Waals surface area contributed by atoms with Gasteiger partial charge in [0.05, 0.1) is 0 Å². The van der Waals surface area contributed by atoms with E-state index in [1.165, 1.54) is 28.7 Å². The van der Waals surface area contributed by atoms with Gasteiger partial charge in [0.25, 0.3) is 0 Å². The van der Waals surface area contributed by atoms with Crippen molar-refractivity contribution < 1.29 is 5.11 Å². The van der Waals surface area contributed by atoms with Crippen molar-refractivity contribution in [2.24, 2.45) is 11.3 Å². The second-order valence-corrected chi connectivity index (χ2v) is 9.60. The van der Waals surface area contributed by atoms with Crippen LogP contribution in [0.25, 0.3) is 0 Å². The Kier molecular flexibility index (Phi) is 6.21. The van der Waals surface area contributed by atoms with Crippen molar-refractivity contribution in [1.29, 1.82) is 0 Å². The molecule has 1 N–H and O–H groups in total. The van der Waals surface area contributed by atoms with Crippen molar-refractivity contribution in [2.75, 3.05) is 0 Å². The maximum atomic E-state index is 10.8. The van der Waals surface area contributed by atoms with E-state index in [0.717, 1.165) is 17.5 Å². The molecule has 1 nitrogen and oxygen atoms in total. The molecule has 0 fully saturated rings. The third-order valence-corrected chi connectivity index (χ3v) is 5.10. The van der Waals surface area contributed by atoms with Gasteiger partial charge in [-0.25, -0.2) is 0 Å². The fourth-order valence-corrected chi connectivity index (χ4v) is 4.44. The second-order valence-electron chi connectivity index (χ2n) is 9.60. The van der Waals surface area contributed by atoms with Gasteiger partial charge in [-0.3, -0.25) is 0 Å². The van der Waals surface area contributed by atoms with Crippen LogP contribution in [-0.4, -0.2) is 5.11 Å². The molecular weight excluding hydrogens is 316 g/mol. The Morgan fingerprint density at radius 2 is 1.38 bits per heavy atom. The van der Waals surface area contributed by atoms with Crippen LogP contribution in [0.15, 0.2) is 30.3 Å². The van der Waals surface area contributed by atoms with Crippen LogP contribution in [0.1, 0.15) is 79.8 Å². The number of aryl methyl sites for hydroxylation is 4. The van der Waals surface area contributed by atoms with Gasteiger partial charge >= 0.3 is 0 Å². The van der Waals surface area contributed by atoms with Crippen LogP contribution in [-0.2, 0) is 0 Å². The summed E-state index contributed by atoms with van der Waals surface area (Å²) in [5.74, 6) is 1.27. The number of phenolic OH excluding ortho intramolecular Hbond substituents is 1. The summed E-state index contributed by atoms with van der Waals surface area (Å²) in [6.07, 6.45) is 2.23. The first-order chi connectivity index (χ1) is 12.0. The quantitative estimate of drug-likeness (QED) is 0.602. The van der Waals surface area contributed by atoms with Crippen LogP contribution in [0.5, 0.6) is 5.75 Å². The van der Waals surface area contributed by atoms with E-state index in [4.69, 9.17) is 0 Å². The summed E-state index contributed by atoms with van der Waals surface area (Å²) in [7, 11) is 0. The molecule has 0 heterocycles. The topological polar surface area (TPSA) is 20.2 Å². The Labute approximate surface area is 160 Å². The summed E-state index contributed by atoms with van der Waals surface area (Å²) < 4.78 is 0. The average molecular weight is 353 g/mol. The SMILES string of the molecule is Cc1cc(C)cc(C(CC(C)CC(C)(C)C)c2cc(C)cc(C)c2O)c1. The third kappa shape index (κ3) is 5.37. The lowest BCUT2D eigenvalue weighted by Gasteiger charge is -2.28. The standard InChI is InChI=1S/C25H36O/c1-16-9-17(2)12-21(11-16)22(14-19(4)15-25(6,7)8)23-13-18(3)10-20(5)24(23)26/h9-13,19,22,26H,14-15H2,1-8H3. The molecule has 2 rings (SSSR count). The van der Waals surface area contributed by atoms with Crippen LogP contribution >= 0.6 is 0 Å². The zero-order chi connectivity index (χ0) is 19.6. The first kappa shape index (κ1) is 20.6. The Bertz CT molecular complexity index is 744. The summed E-state index contributed by atoms with van der Waals surface area (Å²) in [4.78, 5) is 0. The van der Waals surface area contributed by atoms with Gasteiger partial charge in [0, 0.05) is 11.5 Å². The van der Waals surface area contributed by atoms with Gasteiger partial charge in [-0.15, -0.1) is 0 Å². The van der Waals surface area contributed by atoms with Crippen molar-refractivity contribution in [2.45, 2.75) is 74.1 Å². The fraction of sp³-hybridized carbons (Fsp3) is 0.520. The number of aromatic hydroxyl groups is 1. The van der Waals surface area contributed by atoms with Crippen LogP contribution < -0.4 is 0 Å². The number of rotatable bonds is 5. The molecule has 0 spiro atoms. The molecule has 0 bridgehead atoms. The molecule has 0 aliphatic rings. The Hall–Kier alpha value is -1.76. The molecular formula is C25H36O. The molecule has 0 aliphatic carbocycles. The largest absolute Gasteiger partial charge is 0.507 e. The van der Waals surface area contributed by atoms with Gasteiger partial charge in [0.2, 0.25) is 0 Å². The Morgan fingerprint density at radius 1 is 0.846 bits per heavy atom.